The van der Waals surface area contributed by atoms with Crippen LogP contribution in [0.3, 0.4) is 0 Å². The summed E-state index contributed by atoms with van der Waals surface area (Å²) in [6, 6.07) is 7.47. The molecule has 2 N–H and O–H groups in total. The van der Waals surface area contributed by atoms with Gasteiger partial charge in [-0.3, -0.25) is 0 Å². The highest BCUT2D eigenvalue weighted by Crippen LogP contribution is 2.39. The first-order valence-electron chi connectivity index (χ1n) is 6.57. The highest BCUT2D eigenvalue weighted by molar-refractivity contribution is 7.18. The minimum atomic E-state index is -0.540. The highest BCUT2D eigenvalue weighted by atomic mass is 35.5. The summed E-state index contributed by atoms with van der Waals surface area (Å²) in [6.07, 6.45) is 0. The van der Waals surface area contributed by atoms with Gasteiger partial charge in [-0.2, -0.15) is 0 Å². The Bertz CT molecular complexity index is 669. The molecule has 0 unspecified atom stereocenters. The number of carbonyl (C=O) groups excluding carboxylic acids is 1. The summed E-state index contributed by atoms with van der Waals surface area (Å²) in [5.41, 5.74) is 7.90. The second-order valence-electron chi connectivity index (χ2n) is 5.81. The number of benzene rings is 1. The van der Waals surface area contributed by atoms with Crippen LogP contribution < -0.4 is 5.73 Å². The Labute approximate surface area is 133 Å². The van der Waals surface area contributed by atoms with E-state index >= 15 is 0 Å². The van der Waals surface area contributed by atoms with Crippen LogP contribution in [0, 0.1) is 6.92 Å². The maximum atomic E-state index is 12.2. The van der Waals surface area contributed by atoms with Gasteiger partial charge in [-0.25, -0.2) is 4.79 Å². The average Bonchev–Trinajstić information content (AvgIpc) is 2.66. The van der Waals surface area contributed by atoms with E-state index in [-0.39, 0.29) is 5.97 Å². The summed E-state index contributed by atoms with van der Waals surface area (Å²) in [4.78, 5) is 13.6. The van der Waals surface area contributed by atoms with Gasteiger partial charge in [-0.05, 0) is 51.0 Å². The molecular formula is C16H18ClNO2S. The molecule has 1 heterocycles. The lowest BCUT2D eigenvalue weighted by atomic mass is 10.1. The van der Waals surface area contributed by atoms with Crippen LogP contribution in [-0.2, 0) is 4.74 Å². The minimum absolute atomic E-state index is 0.381. The van der Waals surface area contributed by atoms with Crippen LogP contribution in [0.15, 0.2) is 24.3 Å². The van der Waals surface area contributed by atoms with Gasteiger partial charge in [0.25, 0.3) is 0 Å². The molecule has 0 fully saturated rings. The average molecular weight is 324 g/mol. The summed E-state index contributed by atoms with van der Waals surface area (Å²) >= 11 is 7.25. The van der Waals surface area contributed by atoms with Crippen LogP contribution in [0.1, 0.15) is 36.0 Å². The molecule has 0 saturated carbocycles. The van der Waals surface area contributed by atoms with E-state index in [2.05, 4.69) is 0 Å². The molecule has 21 heavy (non-hydrogen) atoms. The SMILES string of the molecule is Cc1c(-c2ccc(Cl)cc2)sc(C(=O)OC(C)(C)C)c1N. The van der Waals surface area contributed by atoms with Crippen molar-refractivity contribution in [3.63, 3.8) is 0 Å². The first-order valence-corrected chi connectivity index (χ1v) is 7.76. The van der Waals surface area contributed by atoms with E-state index in [1.807, 2.05) is 52.0 Å². The van der Waals surface area contributed by atoms with Crippen molar-refractivity contribution in [3.05, 3.63) is 39.7 Å². The van der Waals surface area contributed by atoms with Gasteiger partial charge in [-0.15, -0.1) is 11.3 Å². The molecule has 0 saturated heterocycles. The summed E-state index contributed by atoms with van der Waals surface area (Å²) in [7, 11) is 0. The van der Waals surface area contributed by atoms with Gasteiger partial charge in [0, 0.05) is 9.90 Å². The van der Waals surface area contributed by atoms with Gasteiger partial charge in [0.05, 0.1) is 5.69 Å². The van der Waals surface area contributed by atoms with Crippen LogP contribution in [0.2, 0.25) is 5.02 Å². The predicted octanol–water partition coefficient (Wildman–Crippen LogP) is 4.91. The van der Waals surface area contributed by atoms with E-state index < -0.39 is 5.60 Å². The van der Waals surface area contributed by atoms with E-state index in [1.54, 1.807) is 0 Å². The number of carbonyl (C=O) groups is 1. The van der Waals surface area contributed by atoms with Gasteiger partial charge in [0.2, 0.25) is 0 Å². The highest BCUT2D eigenvalue weighted by Gasteiger charge is 2.24. The van der Waals surface area contributed by atoms with E-state index in [4.69, 9.17) is 22.1 Å². The number of nitrogen functional groups attached to an aromatic ring is 1. The summed E-state index contributed by atoms with van der Waals surface area (Å²) in [6.45, 7) is 7.41. The molecule has 0 atom stereocenters. The molecule has 2 aromatic rings. The fourth-order valence-corrected chi connectivity index (χ4v) is 3.11. The Hall–Kier alpha value is -1.52. The minimum Gasteiger partial charge on any atom is -0.456 e. The molecular weight excluding hydrogens is 306 g/mol. The standard InChI is InChI=1S/C16H18ClNO2S/c1-9-12(18)14(15(19)20-16(2,3)4)21-13(9)10-5-7-11(17)8-6-10/h5-8H,18H2,1-4H3. The Balaban J connectivity index is 2.41. The van der Waals surface area contributed by atoms with E-state index in [0.29, 0.717) is 15.6 Å². The van der Waals surface area contributed by atoms with E-state index in [9.17, 15) is 4.79 Å². The molecule has 2 rings (SSSR count). The fourth-order valence-electron chi connectivity index (χ4n) is 1.88. The smallest absolute Gasteiger partial charge is 0.351 e. The van der Waals surface area contributed by atoms with Crippen LogP contribution in [0.4, 0.5) is 5.69 Å². The van der Waals surface area contributed by atoms with Crippen molar-refractivity contribution in [2.45, 2.75) is 33.3 Å². The Morgan fingerprint density at radius 2 is 1.81 bits per heavy atom. The summed E-state index contributed by atoms with van der Waals surface area (Å²) < 4.78 is 5.40. The molecule has 0 radical (unpaired) electrons. The van der Waals surface area contributed by atoms with Crippen molar-refractivity contribution in [1.82, 2.24) is 0 Å². The van der Waals surface area contributed by atoms with Crippen LogP contribution in [0.25, 0.3) is 10.4 Å². The van der Waals surface area contributed by atoms with E-state index in [1.165, 1.54) is 11.3 Å². The predicted molar refractivity (Wildman–Crippen MR) is 89.1 cm³/mol. The maximum absolute atomic E-state index is 12.2. The molecule has 1 aromatic carbocycles. The lowest BCUT2D eigenvalue weighted by Crippen LogP contribution is -2.23. The molecule has 0 aliphatic rings. The molecule has 0 aliphatic carbocycles. The molecule has 112 valence electrons. The van der Waals surface area contributed by atoms with Gasteiger partial charge in [0.1, 0.15) is 10.5 Å². The van der Waals surface area contributed by atoms with Crippen molar-refractivity contribution in [2.24, 2.45) is 0 Å². The van der Waals surface area contributed by atoms with Crippen molar-refractivity contribution in [2.75, 3.05) is 5.73 Å². The molecule has 0 spiro atoms. The first kappa shape index (κ1) is 15.9. The number of rotatable bonds is 2. The third kappa shape index (κ3) is 3.57. The third-order valence-corrected chi connectivity index (χ3v) is 4.47. The zero-order chi connectivity index (χ0) is 15.8. The maximum Gasteiger partial charge on any atom is 0.351 e. The molecule has 1 aromatic heterocycles. The number of esters is 1. The number of hydrogen-bond donors (Lipinski definition) is 1. The van der Waals surface area contributed by atoms with Crippen LogP contribution >= 0.6 is 22.9 Å². The van der Waals surface area contributed by atoms with Gasteiger partial charge in [0.15, 0.2) is 0 Å². The molecule has 3 nitrogen and oxygen atoms in total. The van der Waals surface area contributed by atoms with Gasteiger partial charge in [-0.1, -0.05) is 23.7 Å². The lowest BCUT2D eigenvalue weighted by molar-refractivity contribution is 0.00763. The van der Waals surface area contributed by atoms with Crippen molar-refractivity contribution in [1.29, 1.82) is 0 Å². The number of thiophene rings is 1. The lowest BCUT2D eigenvalue weighted by Gasteiger charge is -2.19. The van der Waals surface area contributed by atoms with Crippen molar-refractivity contribution in [3.8, 4) is 10.4 Å². The van der Waals surface area contributed by atoms with Crippen molar-refractivity contribution < 1.29 is 9.53 Å². The normalized spacial score (nSPS) is 11.5. The molecule has 0 amide bonds. The summed E-state index contributed by atoms with van der Waals surface area (Å²) in [5.74, 6) is -0.381. The quantitative estimate of drug-likeness (QED) is 0.798. The van der Waals surface area contributed by atoms with E-state index in [0.717, 1.165) is 16.0 Å². The Kier molecular flexibility index (Phi) is 4.30. The number of anilines is 1. The largest absolute Gasteiger partial charge is 0.456 e. The zero-order valence-electron chi connectivity index (χ0n) is 12.5. The van der Waals surface area contributed by atoms with Crippen molar-refractivity contribution >= 4 is 34.6 Å². The Morgan fingerprint density at radius 1 is 1.24 bits per heavy atom. The van der Waals surface area contributed by atoms with Gasteiger partial charge >= 0.3 is 5.97 Å². The molecule has 0 aliphatic heterocycles. The topological polar surface area (TPSA) is 52.3 Å². The third-order valence-electron chi connectivity index (χ3n) is 2.88. The number of ether oxygens (including phenoxy) is 1. The summed E-state index contributed by atoms with van der Waals surface area (Å²) in [5, 5.41) is 0.674. The first-order chi connectivity index (χ1) is 9.69. The number of nitrogens with two attached hydrogens (primary N) is 1. The second kappa shape index (κ2) is 5.70. The fraction of sp³-hybridized carbons (Fsp3) is 0.312. The monoisotopic (exact) mass is 323 g/mol. The number of halogens is 1. The molecule has 0 bridgehead atoms. The van der Waals surface area contributed by atoms with Crippen LogP contribution in [0.5, 0.6) is 0 Å². The number of hydrogen-bond acceptors (Lipinski definition) is 4. The van der Waals surface area contributed by atoms with Crippen LogP contribution in [-0.4, -0.2) is 11.6 Å². The molecule has 5 heteroatoms. The Morgan fingerprint density at radius 3 is 2.33 bits per heavy atom. The second-order valence-corrected chi connectivity index (χ2v) is 7.26. The zero-order valence-corrected chi connectivity index (χ0v) is 14.1. The van der Waals surface area contributed by atoms with Gasteiger partial charge < -0.3 is 10.5 Å².